The van der Waals surface area contributed by atoms with Gasteiger partial charge in [-0.05, 0) is 60.2 Å². The molecule has 0 spiro atoms. The molecule has 0 saturated carbocycles. The first-order valence-electron chi connectivity index (χ1n) is 9.97. The van der Waals surface area contributed by atoms with Gasteiger partial charge < -0.3 is 10.1 Å². The smallest absolute Gasteiger partial charge is 0.253 e. The fourth-order valence-corrected chi connectivity index (χ4v) is 4.63. The third-order valence-electron chi connectivity index (χ3n) is 5.19. The van der Waals surface area contributed by atoms with E-state index in [1.54, 1.807) is 12.1 Å². The third kappa shape index (κ3) is 5.81. The molecular formula is C22H29N3O4S. The van der Waals surface area contributed by atoms with E-state index in [0.29, 0.717) is 25.2 Å². The maximum atomic E-state index is 12.7. The summed E-state index contributed by atoms with van der Waals surface area (Å²) in [5, 5.41) is 4.59. The SMILES string of the molecule is COc1ccc(CNC(=O)c2ccc(S(=O)(=O)NN3CCCC(C)(C)C3)cc2)cc1. The highest BCUT2D eigenvalue weighted by Gasteiger charge is 2.29. The van der Waals surface area contributed by atoms with Crippen LogP contribution in [0.25, 0.3) is 0 Å². The van der Waals surface area contributed by atoms with Crippen LogP contribution in [0.15, 0.2) is 53.4 Å². The number of carbonyl (C=O) groups excluding carboxylic acids is 1. The van der Waals surface area contributed by atoms with Crippen molar-refractivity contribution >= 4 is 15.9 Å². The number of ether oxygens (including phenoxy) is 1. The third-order valence-corrected chi connectivity index (χ3v) is 6.58. The molecule has 0 aliphatic carbocycles. The molecule has 2 N–H and O–H groups in total. The van der Waals surface area contributed by atoms with Gasteiger partial charge in [-0.1, -0.05) is 26.0 Å². The van der Waals surface area contributed by atoms with Crippen LogP contribution in [0.5, 0.6) is 5.75 Å². The Morgan fingerprint density at radius 3 is 2.37 bits per heavy atom. The number of carbonyl (C=O) groups is 1. The van der Waals surface area contributed by atoms with Crippen LogP contribution in [-0.4, -0.2) is 39.5 Å². The normalized spacial score (nSPS) is 16.8. The Morgan fingerprint density at radius 1 is 1.10 bits per heavy atom. The molecule has 30 heavy (non-hydrogen) atoms. The lowest BCUT2D eigenvalue weighted by Crippen LogP contribution is -2.49. The number of sulfonamides is 1. The zero-order valence-electron chi connectivity index (χ0n) is 17.6. The molecule has 0 unspecified atom stereocenters. The Labute approximate surface area is 178 Å². The van der Waals surface area contributed by atoms with Crippen LogP contribution >= 0.6 is 0 Å². The van der Waals surface area contributed by atoms with Gasteiger partial charge in [-0.25, -0.2) is 13.4 Å². The van der Waals surface area contributed by atoms with Gasteiger partial charge >= 0.3 is 0 Å². The minimum atomic E-state index is -3.68. The van der Waals surface area contributed by atoms with E-state index in [4.69, 9.17) is 4.74 Å². The van der Waals surface area contributed by atoms with Crippen LogP contribution in [0.4, 0.5) is 0 Å². The van der Waals surface area contributed by atoms with Crippen LogP contribution in [0.3, 0.4) is 0 Å². The molecule has 7 nitrogen and oxygen atoms in total. The largest absolute Gasteiger partial charge is 0.497 e. The highest BCUT2D eigenvalue weighted by atomic mass is 32.2. The quantitative estimate of drug-likeness (QED) is 0.704. The van der Waals surface area contributed by atoms with Crippen molar-refractivity contribution < 1.29 is 17.9 Å². The van der Waals surface area contributed by atoms with E-state index < -0.39 is 10.0 Å². The molecule has 1 aliphatic heterocycles. The van der Waals surface area contributed by atoms with Gasteiger partial charge in [0.1, 0.15) is 5.75 Å². The lowest BCUT2D eigenvalue weighted by atomic mass is 9.85. The lowest BCUT2D eigenvalue weighted by Gasteiger charge is -2.37. The van der Waals surface area contributed by atoms with Crippen molar-refractivity contribution in [2.24, 2.45) is 5.41 Å². The summed E-state index contributed by atoms with van der Waals surface area (Å²) >= 11 is 0. The molecular weight excluding hydrogens is 402 g/mol. The summed E-state index contributed by atoms with van der Waals surface area (Å²) in [6.07, 6.45) is 2.02. The van der Waals surface area contributed by atoms with Crippen molar-refractivity contribution in [3.05, 3.63) is 59.7 Å². The Kier molecular flexibility index (Phi) is 6.80. The molecule has 1 aliphatic rings. The molecule has 0 atom stereocenters. The maximum Gasteiger partial charge on any atom is 0.253 e. The Hall–Kier alpha value is -2.42. The second kappa shape index (κ2) is 9.16. The molecule has 1 amide bonds. The number of hydrogen-bond donors (Lipinski definition) is 2. The lowest BCUT2D eigenvalue weighted by molar-refractivity contribution is 0.0950. The fourth-order valence-electron chi connectivity index (χ4n) is 3.54. The average molecular weight is 432 g/mol. The number of piperidine rings is 1. The van der Waals surface area contributed by atoms with Crippen molar-refractivity contribution in [2.45, 2.75) is 38.1 Å². The summed E-state index contributed by atoms with van der Waals surface area (Å²) in [6, 6.07) is 13.4. The predicted molar refractivity (Wildman–Crippen MR) is 116 cm³/mol. The molecule has 0 bridgehead atoms. The number of rotatable bonds is 7. The Balaban J connectivity index is 1.59. The topological polar surface area (TPSA) is 87.7 Å². The molecule has 3 rings (SSSR count). The number of hydrogen-bond acceptors (Lipinski definition) is 5. The monoisotopic (exact) mass is 431 g/mol. The Bertz CT molecular complexity index is 970. The van der Waals surface area contributed by atoms with E-state index in [0.717, 1.165) is 24.2 Å². The fraction of sp³-hybridized carbons (Fsp3) is 0.409. The van der Waals surface area contributed by atoms with Crippen molar-refractivity contribution in [1.29, 1.82) is 0 Å². The molecule has 0 aromatic heterocycles. The van der Waals surface area contributed by atoms with E-state index in [1.807, 2.05) is 24.3 Å². The molecule has 162 valence electrons. The first kappa shape index (κ1) is 22.3. The molecule has 1 fully saturated rings. The average Bonchev–Trinajstić information content (AvgIpc) is 2.71. The minimum Gasteiger partial charge on any atom is -0.497 e. The van der Waals surface area contributed by atoms with Crippen LogP contribution in [0.1, 0.15) is 42.6 Å². The highest BCUT2D eigenvalue weighted by Crippen LogP contribution is 2.28. The van der Waals surface area contributed by atoms with E-state index >= 15 is 0 Å². The van der Waals surface area contributed by atoms with Gasteiger partial charge in [-0.3, -0.25) is 4.79 Å². The molecule has 0 radical (unpaired) electrons. The first-order valence-corrected chi connectivity index (χ1v) is 11.5. The summed E-state index contributed by atoms with van der Waals surface area (Å²) in [6.45, 7) is 5.99. The number of nitrogens with one attached hydrogen (secondary N) is 2. The molecule has 1 saturated heterocycles. The summed E-state index contributed by atoms with van der Waals surface area (Å²) in [5.41, 5.74) is 1.42. The van der Waals surface area contributed by atoms with Crippen molar-refractivity contribution in [3.63, 3.8) is 0 Å². The number of amides is 1. The minimum absolute atomic E-state index is 0.0760. The maximum absolute atomic E-state index is 12.7. The number of methoxy groups -OCH3 is 1. The van der Waals surface area contributed by atoms with Crippen LogP contribution in [0.2, 0.25) is 0 Å². The van der Waals surface area contributed by atoms with Gasteiger partial charge in [0.05, 0.1) is 12.0 Å². The number of hydrazine groups is 1. The zero-order valence-corrected chi connectivity index (χ0v) is 18.5. The molecule has 2 aromatic rings. The molecule has 1 heterocycles. The Morgan fingerprint density at radius 2 is 1.77 bits per heavy atom. The first-order chi connectivity index (χ1) is 14.2. The summed E-state index contributed by atoms with van der Waals surface area (Å²) in [7, 11) is -2.08. The zero-order chi connectivity index (χ0) is 21.8. The summed E-state index contributed by atoms with van der Waals surface area (Å²) in [5.74, 6) is 0.490. The highest BCUT2D eigenvalue weighted by molar-refractivity contribution is 7.89. The van der Waals surface area contributed by atoms with Gasteiger partial charge in [0, 0.05) is 25.2 Å². The van der Waals surface area contributed by atoms with Gasteiger partial charge in [-0.15, -0.1) is 4.83 Å². The standard InChI is InChI=1S/C22H29N3O4S/c1-22(2)13-4-14-25(16-22)24-30(27,28)20-11-7-18(8-12-20)21(26)23-15-17-5-9-19(29-3)10-6-17/h5-12,24H,4,13-16H2,1-3H3,(H,23,26). The van der Waals surface area contributed by atoms with Crippen LogP contribution in [-0.2, 0) is 16.6 Å². The second-order valence-corrected chi connectivity index (χ2v) is 10.0. The van der Waals surface area contributed by atoms with Gasteiger partial charge in [-0.2, -0.15) is 0 Å². The summed E-state index contributed by atoms with van der Waals surface area (Å²) in [4.78, 5) is 15.2. The van der Waals surface area contributed by atoms with Gasteiger partial charge in [0.15, 0.2) is 0 Å². The van der Waals surface area contributed by atoms with E-state index in [-0.39, 0.29) is 16.2 Å². The van der Waals surface area contributed by atoms with Gasteiger partial charge in [0.25, 0.3) is 15.9 Å². The van der Waals surface area contributed by atoms with Crippen molar-refractivity contribution in [2.75, 3.05) is 20.2 Å². The molecule has 8 heteroatoms. The van der Waals surface area contributed by atoms with Crippen molar-refractivity contribution in [3.8, 4) is 5.75 Å². The van der Waals surface area contributed by atoms with E-state index in [2.05, 4.69) is 24.0 Å². The number of benzene rings is 2. The van der Waals surface area contributed by atoms with E-state index in [1.165, 1.54) is 24.3 Å². The number of nitrogens with zero attached hydrogens (tertiary/aromatic N) is 1. The van der Waals surface area contributed by atoms with Gasteiger partial charge in [0.2, 0.25) is 0 Å². The van der Waals surface area contributed by atoms with E-state index in [9.17, 15) is 13.2 Å². The van der Waals surface area contributed by atoms with Crippen LogP contribution in [0, 0.1) is 5.41 Å². The van der Waals surface area contributed by atoms with Crippen LogP contribution < -0.4 is 14.9 Å². The van der Waals surface area contributed by atoms with Crippen molar-refractivity contribution in [1.82, 2.24) is 15.2 Å². The molecule has 2 aromatic carbocycles. The summed E-state index contributed by atoms with van der Waals surface area (Å²) < 4.78 is 30.5. The second-order valence-electron chi connectivity index (χ2n) is 8.34. The predicted octanol–water partition coefficient (Wildman–Crippen LogP) is 2.94.